The Labute approximate surface area is 148 Å². The Morgan fingerprint density at radius 2 is 0.870 bits per heavy atom. The fraction of sp³-hybridized carbons (Fsp3) is 1.00. The van der Waals surface area contributed by atoms with Crippen molar-refractivity contribution in [2.45, 2.75) is 117 Å². The topological polar surface area (TPSA) is 18.5 Å². The summed E-state index contributed by atoms with van der Waals surface area (Å²) in [6, 6.07) is 2.43. The molecule has 0 rings (SSSR count). The van der Waals surface area contributed by atoms with Crippen LogP contribution in [0.4, 0.5) is 0 Å². The maximum atomic E-state index is 6.49. The van der Waals surface area contributed by atoms with Crippen molar-refractivity contribution in [3.8, 4) is 0 Å². The van der Waals surface area contributed by atoms with Crippen LogP contribution < -0.4 is 0 Å². The third kappa shape index (κ3) is 13.1. The van der Waals surface area contributed by atoms with Crippen molar-refractivity contribution in [1.29, 1.82) is 0 Å². The Balaban J connectivity index is 4.55. The highest BCUT2D eigenvalue weighted by molar-refractivity contribution is 6.67. The zero-order chi connectivity index (χ0) is 17.2. The lowest BCUT2D eigenvalue weighted by Gasteiger charge is -2.31. The lowest BCUT2D eigenvalue weighted by molar-refractivity contribution is 0.161. The van der Waals surface area contributed by atoms with Crippen LogP contribution in [0, 0.1) is 0 Å². The summed E-state index contributed by atoms with van der Waals surface area (Å²) in [7, 11) is -1.97. The summed E-state index contributed by atoms with van der Waals surface area (Å²) in [4.78, 5) is 0. The Hall–Kier alpha value is 0.137. The minimum Gasteiger partial charge on any atom is -0.394 e. The van der Waals surface area contributed by atoms with Gasteiger partial charge < -0.3 is 8.85 Å². The fourth-order valence-electron chi connectivity index (χ4n) is 2.90. The van der Waals surface area contributed by atoms with Gasteiger partial charge in [0.25, 0.3) is 0 Å². The Kier molecular flexibility index (Phi) is 17.1. The first kappa shape index (κ1) is 23.1. The summed E-state index contributed by atoms with van der Waals surface area (Å²) in [6.07, 6.45) is 15.4. The van der Waals surface area contributed by atoms with Gasteiger partial charge in [-0.3, -0.25) is 0 Å². The van der Waals surface area contributed by atoms with E-state index in [0.29, 0.717) is 0 Å². The molecule has 0 unspecified atom stereocenters. The molecule has 0 aromatic carbocycles. The van der Waals surface area contributed by atoms with Gasteiger partial charge >= 0.3 is 8.56 Å². The van der Waals surface area contributed by atoms with E-state index in [-0.39, 0.29) is 0 Å². The minimum absolute atomic E-state index is 0.913. The average Bonchev–Trinajstić information content (AvgIpc) is 2.56. The van der Waals surface area contributed by atoms with Gasteiger partial charge in [0.2, 0.25) is 0 Å². The number of hydrogen-bond donors (Lipinski definition) is 0. The molecule has 23 heavy (non-hydrogen) atoms. The van der Waals surface area contributed by atoms with Gasteiger partial charge in [0.1, 0.15) is 0 Å². The number of rotatable bonds is 18. The molecule has 0 aliphatic rings. The SMILES string of the molecule is CCCCCC[Si](CCCCCC)(OCCCC)OCCCC. The van der Waals surface area contributed by atoms with Crippen LogP contribution in [-0.4, -0.2) is 21.8 Å². The molecule has 0 bridgehead atoms. The van der Waals surface area contributed by atoms with E-state index in [9.17, 15) is 0 Å². The largest absolute Gasteiger partial charge is 0.394 e. The van der Waals surface area contributed by atoms with E-state index < -0.39 is 8.56 Å². The fourth-order valence-corrected chi connectivity index (χ4v) is 6.42. The second-order valence-corrected chi connectivity index (χ2v) is 10.3. The lowest BCUT2D eigenvalue weighted by atomic mass is 10.2. The highest BCUT2D eigenvalue weighted by Crippen LogP contribution is 2.27. The number of unbranched alkanes of at least 4 members (excludes halogenated alkanes) is 8. The van der Waals surface area contributed by atoms with Gasteiger partial charge in [-0.2, -0.15) is 0 Å². The standard InChI is InChI=1S/C20H44O2Si/c1-5-9-13-15-19-23(21-17-11-7-3,22-18-12-8-4)20-16-14-10-6-2/h5-20H2,1-4H3. The maximum absolute atomic E-state index is 6.49. The van der Waals surface area contributed by atoms with Gasteiger partial charge in [0.15, 0.2) is 0 Å². The van der Waals surface area contributed by atoms with E-state index in [0.717, 1.165) is 13.2 Å². The molecule has 0 spiro atoms. The monoisotopic (exact) mass is 344 g/mol. The summed E-state index contributed by atoms with van der Waals surface area (Å²) < 4.78 is 13.0. The first-order chi connectivity index (χ1) is 11.2. The summed E-state index contributed by atoms with van der Waals surface area (Å²) >= 11 is 0. The van der Waals surface area contributed by atoms with Crippen LogP contribution in [0.1, 0.15) is 105 Å². The zero-order valence-corrected chi connectivity index (χ0v) is 17.6. The normalized spacial score (nSPS) is 12.0. The predicted octanol–water partition coefficient (Wildman–Crippen LogP) is 7.22. The molecule has 0 aromatic rings. The molecule has 0 saturated carbocycles. The van der Waals surface area contributed by atoms with E-state index in [1.54, 1.807) is 0 Å². The molecule has 0 heterocycles. The molecular formula is C20H44O2Si. The van der Waals surface area contributed by atoms with Gasteiger partial charge in [-0.05, 0) is 24.9 Å². The molecular weight excluding hydrogens is 300 g/mol. The van der Waals surface area contributed by atoms with Crippen LogP contribution in [0.5, 0.6) is 0 Å². The second-order valence-electron chi connectivity index (χ2n) is 6.94. The van der Waals surface area contributed by atoms with Gasteiger partial charge in [-0.15, -0.1) is 0 Å². The molecule has 0 saturated heterocycles. The Morgan fingerprint density at radius 3 is 1.22 bits per heavy atom. The van der Waals surface area contributed by atoms with Crippen LogP contribution in [0.2, 0.25) is 12.1 Å². The van der Waals surface area contributed by atoms with Crippen molar-refractivity contribution in [2.24, 2.45) is 0 Å². The van der Waals surface area contributed by atoms with E-state index in [1.807, 2.05) is 0 Å². The molecule has 0 fully saturated rings. The van der Waals surface area contributed by atoms with Crippen molar-refractivity contribution in [2.75, 3.05) is 13.2 Å². The first-order valence-electron chi connectivity index (χ1n) is 10.5. The van der Waals surface area contributed by atoms with Crippen molar-refractivity contribution >= 4 is 8.56 Å². The highest BCUT2D eigenvalue weighted by atomic mass is 28.4. The maximum Gasteiger partial charge on any atom is 0.338 e. The molecule has 0 atom stereocenters. The zero-order valence-electron chi connectivity index (χ0n) is 16.6. The number of hydrogen-bond acceptors (Lipinski definition) is 2. The van der Waals surface area contributed by atoms with Crippen molar-refractivity contribution < 1.29 is 8.85 Å². The van der Waals surface area contributed by atoms with E-state index >= 15 is 0 Å². The smallest absolute Gasteiger partial charge is 0.338 e. The van der Waals surface area contributed by atoms with E-state index in [4.69, 9.17) is 8.85 Å². The van der Waals surface area contributed by atoms with Gasteiger partial charge in [-0.25, -0.2) is 0 Å². The highest BCUT2D eigenvalue weighted by Gasteiger charge is 2.36. The van der Waals surface area contributed by atoms with Gasteiger partial charge in [0, 0.05) is 13.2 Å². The third-order valence-electron chi connectivity index (χ3n) is 4.55. The van der Waals surface area contributed by atoms with Crippen LogP contribution >= 0.6 is 0 Å². The first-order valence-corrected chi connectivity index (χ1v) is 12.8. The molecule has 0 N–H and O–H groups in total. The van der Waals surface area contributed by atoms with E-state index in [1.165, 1.54) is 89.1 Å². The summed E-state index contributed by atoms with van der Waals surface area (Å²) in [5.74, 6) is 0. The van der Waals surface area contributed by atoms with Crippen molar-refractivity contribution in [3.63, 3.8) is 0 Å². The summed E-state index contributed by atoms with van der Waals surface area (Å²) in [5.41, 5.74) is 0. The van der Waals surface area contributed by atoms with Gasteiger partial charge in [0.05, 0.1) is 0 Å². The molecule has 0 aliphatic heterocycles. The lowest BCUT2D eigenvalue weighted by Crippen LogP contribution is -2.42. The third-order valence-corrected chi connectivity index (χ3v) is 8.24. The van der Waals surface area contributed by atoms with Crippen LogP contribution in [0.15, 0.2) is 0 Å². The van der Waals surface area contributed by atoms with Crippen LogP contribution in [0.25, 0.3) is 0 Å². The molecule has 0 aliphatic carbocycles. The molecule has 140 valence electrons. The molecule has 0 amide bonds. The Morgan fingerprint density at radius 1 is 0.478 bits per heavy atom. The summed E-state index contributed by atoms with van der Waals surface area (Å²) in [5, 5.41) is 0. The quantitative estimate of drug-likeness (QED) is 0.193. The van der Waals surface area contributed by atoms with Crippen molar-refractivity contribution in [3.05, 3.63) is 0 Å². The minimum atomic E-state index is -1.97. The molecule has 3 heteroatoms. The molecule has 0 radical (unpaired) electrons. The predicted molar refractivity (Wildman–Crippen MR) is 105 cm³/mol. The van der Waals surface area contributed by atoms with Crippen LogP contribution in [0.3, 0.4) is 0 Å². The second kappa shape index (κ2) is 17.0. The van der Waals surface area contributed by atoms with Gasteiger partial charge in [-0.1, -0.05) is 91.9 Å². The van der Waals surface area contributed by atoms with Crippen molar-refractivity contribution in [1.82, 2.24) is 0 Å². The molecule has 2 nitrogen and oxygen atoms in total. The summed E-state index contributed by atoms with van der Waals surface area (Å²) in [6.45, 7) is 10.9. The van der Waals surface area contributed by atoms with E-state index in [2.05, 4.69) is 27.7 Å². The van der Waals surface area contributed by atoms with Crippen LogP contribution in [-0.2, 0) is 8.85 Å². The molecule has 0 aromatic heterocycles. The Bertz CT molecular complexity index is 210. The average molecular weight is 345 g/mol.